The normalized spacial score (nSPS) is 19.9. The van der Waals surface area contributed by atoms with Gasteiger partial charge in [0.15, 0.2) is 9.84 Å². The Bertz CT molecular complexity index is 606. The Kier molecular flexibility index (Phi) is 4.64. The average molecular weight is 318 g/mol. The Balaban J connectivity index is 2.31. The molecule has 20 heavy (non-hydrogen) atoms. The highest BCUT2D eigenvalue weighted by molar-refractivity contribution is 8.01. The van der Waals surface area contributed by atoms with Crippen LogP contribution in [0.5, 0.6) is 0 Å². The molecule has 0 N–H and O–H groups in total. The van der Waals surface area contributed by atoms with E-state index in [2.05, 4.69) is 4.98 Å². The van der Waals surface area contributed by atoms with E-state index in [9.17, 15) is 17.6 Å². The van der Waals surface area contributed by atoms with Crippen LogP contribution in [0.3, 0.4) is 0 Å². The van der Waals surface area contributed by atoms with Gasteiger partial charge in [0, 0.05) is 23.8 Å². The van der Waals surface area contributed by atoms with Crippen molar-refractivity contribution in [2.45, 2.75) is 12.3 Å². The summed E-state index contributed by atoms with van der Waals surface area (Å²) in [6.07, 6.45) is 0. The third-order valence-corrected chi connectivity index (χ3v) is 6.39. The maximum atomic E-state index is 13.1. The van der Waals surface area contributed by atoms with Gasteiger partial charge in [-0.1, -0.05) is 13.0 Å². The molecule has 0 aromatic carbocycles. The molecule has 1 unspecified atom stereocenters. The number of aromatic nitrogens is 1. The first-order valence-corrected chi connectivity index (χ1v) is 9.05. The molecular formula is C12H15FN2O3S2. The Hall–Kier alpha value is -1.15. The number of carbonyl (C=O) groups is 1. The maximum absolute atomic E-state index is 13.1. The van der Waals surface area contributed by atoms with E-state index in [-0.39, 0.29) is 11.4 Å². The molecule has 1 aromatic heterocycles. The largest absolute Gasteiger partial charge is 0.319 e. The topological polar surface area (TPSA) is 67.3 Å². The number of sulfone groups is 1. The second-order valence-electron chi connectivity index (χ2n) is 4.33. The number of amides is 1. The van der Waals surface area contributed by atoms with Crippen LogP contribution in [0.15, 0.2) is 18.2 Å². The maximum Gasteiger partial charge on any atom is 0.273 e. The number of rotatable bonds is 3. The van der Waals surface area contributed by atoms with E-state index in [0.29, 0.717) is 18.1 Å². The van der Waals surface area contributed by atoms with Crippen LogP contribution >= 0.6 is 11.8 Å². The van der Waals surface area contributed by atoms with Crippen molar-refractivity contribution in [3.05, 3.63) is 29.8 Å². The lowest BCUT2D eigenvalue weighted by molar-refractivity contribution is 0.0742. The van der Waals surface area contributed by atoms with Crippen LogP contribution in [0, 0.1) is 5.95 Å². The molecule has 5 nitrogen and oxygen atoms in total. The zero-order chi connectivity index (χ0) is 14.8. The van der Waals surface area contributed by atoms with E-state index in [1.807, 2.05) is 0 Å². The number of pyridine rings is 1. The molecule has 8 heteroatoms. The number of hydrogen-bond donors (Lipinski definition) is 0. The minimum atomic E-state index is -3.37. The van der Waals surface area contributed by atoms with Crippen LogP contribution < -0.4 is 0 Å². The van der Waals surface area contributed by atoms with E-state index in [4.69, 9.17) is 0 Å². The van der Waals surface area contributed by atoms with Crippen LogP contribution in [0.4, 0.5) is 4.39 Å². The van der Waals surface area contributed by atoms with Crippen molar-refractivity contribution < 1.29 is 17.6 Å². The summed E-state index contributed by atoms with van der Waals surface area (Å²) in [5, 5.41) is -0.858. The fourth-order valence-electron chi connectivity index (χ4n) is 1.98. The summed E-state index contributed by atoms with van der Waals surface area (Å²) in [4.78, 5) is 17.2. The van der Waals surface area contributed by atoms with E-state index in [0.717, 1.165) is 6.07 Å². The Morgan fingerprint density at radius 3 is 2.95 bits per heavy atom. The van der Waals surface area contributed by atoms with Crippen molar-refractivity contribution in [1.82, 2.24) is 9.88 Å². The summed E-state index contributed by atoms with van der Waals surface area (Å²) in [5.74, 6) is -0.309. The van der Waals surface area contributed by atoms with Crippen LogP contribution in [-0.4, -0.2) is 53.4 Å². The molecule has 0 radical (unpaired) electrons. The van der Waals surface area contributed by atoms with Gasteiger partial charge in [0.25, 0.3) is 5.91 Å². The predicted molar refractivity (Wildman–Crippen MR) is 75.8 cm³/mol. The van der Waals surface area contributed by atoms with Gasteiger partial charge < -0.3 is 4.90 Å². The highest BCUT2D eigenvalue weighted by Gasteiger charge is 2.36. The summed E-state index contributed by atoms with van der Waals surface area (Å²) in [7, 11) is -3.37. The number of nitrogens with zero attached hydrogens (tertiary/aromatic N) is 2. The van der Waals surface area contributed by atoms with Gasteiger partial charge in [0.2, 0.25) is 5.95 Å². The minimum absolute atomic E-state index is 0.0292. The van der Waals surface area contributed by atoms with E-state index >= 15 is 0 Å². The monoisotopic (exact) mass is 318 g/mol. The molecule has 1 aliphatic rings. The zero-order valence-electron chi connectivity index (χ0n) is 11.0. The molecule has 1 saturated heterocycles. The Labute approximate surface area is 121 Å². The second kappa shape index (κ2) is 6.09. The summed E-state index contributed by atoms with van der Waals surface area (Å²) in [6.45, 7) is 1.88. The van der Waals surface area contributed by atoms with Crippen LogP contribution in [0.25, 0.3) is 0 Å². The van der Waals surface area contributed by atoms with Gasteiger partial charge in [-0.25, -0.2) is 13.4 Å². The lowest BCUT2D eigenvalue weighted by atomic mass is 10.3. The molecule has 2 heterocycles. The standard InChI is InChI=1S/C12H15FN2O3S2/c1-2-20(17,18)11-8-19-7-6-15(11)12(16)9-4-3-5-10(13)14-9/h3-5,11H,2,6-8H2,1H3. The van der Waals surface area contributed by atoms with Gasteiger partial charge in [-0.3, -0.25) is 4.79 Å². The molecule has 110 valence electrons. The second-order valence-corrected chi connectivity index (χ2v) is 7.92. The molecule has 0 bridgehead atoms. The average Bonchev–Trinajstić information content (AvgIpc) is 2.46. The molecule has 2 rings (SSSR count). The minimum Gasteiger partial charge on any atom is -0.319 e. The van der Waals surface area contributed by atoms with Crippen molar-refractivity contribution in [3.8, 4) is 0 Å². The predicted octanol–water partition coefficient (Wildman–Crippen LogP) is 1.17. The summed E-state index contributed by atoms with van der Waals surface area (Å²) in [6, 6.07) is 3.92. The number of carbonyl (C=O) groups excluding carboxylic acids is 1. The van der Waals surface area contributed by atoms with Gasteiger partial charge in [0.05, 0.1) is 0 Å². The Morgan fingerprint density at radius 1 is 1.55 bits per heavy atom. The molecule has 1 atom stereocenters. The molecule has 0 spiro atoms. The molecule has 1 amide bonds. The van der Waals surface area contributed by atoms with Crippen LogP contribution in [0.2, 0.25) is 0 Å². The van der Waals surface area contributed by atoms with Crippen LogP contribution in [0.1, 0.15) is 17.4 Å². The lowest BCUT2D eigenvalue weighted by Crippen LogP contribution is -2.50. The number of hydrogen-bond acceptors (Lipinski definition) is 5. The first-order chi connectivity index (χ1) is 9.45. The first-order valence-electron chi connectivity index (χ1n) is 6.18. The molecule has 0 aliphatic carbocycles. The van der Waals surface area contributed by atoms with Gasteiger partial charge in [-0.05, 0) is 12.1 Å². The number of halogens is 1. The molecule has 1 fully saturated rings. The molecule has 1 aliphatic heterocycles. The first kappa shape index (κ1) is 15.2. The fourth-order valence-corrected chi connectivity index (χ4v) is 4.94. The van der Waals surface area contributed by atoms with Gasteiger partial charge in [0.1, 0.15) is 11.1 Å². The smallest absolute Gasteiger partial charge is 0.273 e. The zero-order valence-corrected chi connectivity index (χ0v) is 12.6. The summed E-state index contributed by atoms with van der Waals surface area (Å²) < 4.78 is 37.2. The van der Waals surface area contributed by atoms with Crippen molar-refractivity contribution in [2.75, 3.05) is 23.8 Å². The quantitative estimate of drug-likeness (QED) is 0.783. The summed E-state index contributed by atoms with van der Waals surface area (Å²) in [5.41, 5.74) is -0.0618. The van der Waals surface area contributed by atoms with Crippen molar-refractivity contribution >= 4 is 27.5 Å². The van der Waals surface area contributed by atoms with E-state index in [1.165, 1.54) is 28.8 Å². The van der Waals surface area contributed by atoms with E-state index < -0.39 is 27.1 Å². The third kappa shape index (κ3) is 3.12. The van der Waals surface area contributed by atoms with Gasteiger partial charge in [-0.2, -0.15) is 16.2 Å². The van der Waals surface area contributed by atoms with Gasteiger partial charge in [-0.15, -0.1) is 0 Å². The molecular weight excluding hydrogens is 303 g/mol. The summed E-state index contributed by atoms with van der Waals surface area (Å²) >= 11 is 1.50. The SMILES string of the molecule is CCS(=O)(=O)C1CSCCN1C(=O)c1cccc(F)n1. The lowest BCUT2D eigenvalue weighted by Gasteiger charge is -2.34. The number of thioether (sulfide) groups is 1. The highest BCUT2D eigenvalue weighted by Crippen LogP contribution is 2.23. The Morgan fingerprint density at radius 2 is 2.30 bits per heavy atom. The third-order valence-electron chi connectivity index (χ3n) is 3.10. The van der Waals surface area contributed by atoms with E-state index in [1.54, 1.807) is 6.92 Å². The molecule has 0 saturated carbocycles. The van der Waals surface area contributed by atoms with Crippen molar-refractivity contribution in [2.24, 2.45) is 0 Å². The van der Waals surface area contributed by atoms with Crippen molar-refractivity contribution in [3.63, 3.8) is 0 Å². The fraction of sp³-hybridized carbons (Fsp3) is 0.500. The highest BCUT2D eigenvalue weighted by atomic mass is 32.2. The van der Waals surface area contributed by atoms with Crippen molar-refractivity contribution in [1.29, 1.82) is 0 Å². The van der Waals surface area contributed by atoms with Crippen LogP contribution in [-0.2, 0) is 9.84 Å². The van der Waals surface area contributed by atoms with Gasteiger partial charge >= 0.3 is 0 Å². The molecule has 1 aromatic rings.